The van der Waals surface area contributed by atoms with Crippen LogP contribution in [0.3, 0.4) is 0 Å². The van der Waals surface area contributed by atoms with E-state index in [4.69, 9.17) is 4.74 Å². The first-order chi connectivity index (χ1) is 7.75. The number of nitrogens with zero attached hydrogens (tertiary/aromatic N) is 1. The highest BCUT2D eigenvalue weighted by Gasteiger charge is 2.01. The summed E-state index contributed by atoms with van der Waals surface area (Å²) in [4.78, 5) is 4.26. The molecule has 2 nitrogen and oxygen atoms in total. The third kappa shape index (κ3) is 2.95. The van der Waals surface area contributed by atoms with E-state index in [2.05, 4.69) is 39.7 Å². The van der Waals surface area contributed by atoms with Crippen molar-refractivity contribution in [3.63, 3.8) is 0 Å². The van der Waals surface area contributed by atoms with Crippen molar-refractivity contribution in [2.75, 3.05) is 0 Å². The number of ether oxygens (including phenoxy) is 1. The average molecular weight is 325 g/mol. The van der Waals surface area contributed by atoms with Crippen LogP contribution >= 0.6 is 22.6 Å². The molecule has 2 rings (SSSR count). The summed E-state index contributed by atoms with van der Waals surface area (Å²) in [5.41, 5.74) is 2.09. The van der Waals surface area contributed by atoms with Gasteiger partial charge in [0.25, 0.3) is 0 Å². The first kappa shape index (κ1) is 11.4. The first-order valence-corrected chi connectivity index (χ1v) is 6.12. The molecule has 0 N–H and O–H groups in total. The molecular formula is C13H12INO. The number of aromatic nitrogens is 1. The van der Waals surface area contributed by atoms with Crippen molar-refractivity contribution in [1.82, 2.24) is 4.98 Å². The standard InChI is InChI=1S/C13H12INO/c1-10-13(7-12(14)8-15-10)16-9-11-5-3-2-4-6-11/h2-8H,9H2,1H3. The first-order valence-electron chi connectivity index (χ1n) is 5.04. The molecule has 16 heavy (non-hydrogen) atoms. The van der Waals surface area contributed by atoms with Crippen molar-refractivity contribution in [3.05, 3.63) is 57.4 Å². The van der Waals surface area contributed by atoms with Gasteiger partial charge in [0.2, 0.25) is 0 Å². The molecule has 0 aliphatic carbocycles. The van der Waals surface area contributed by atoms with Crippen molar-refractivity contribution < 1.29 is 4.74 Å². The lowest BCUT2D eigenvalue weighted by Crippen LogP contribution is -1.98. The molecule has 1 aromatic heterocycles. The number of hydrogen-bond acceptors (Lipinski definition) is 2. The molecule has 82 valence electrons. The predicted molar refractivity (Wildman–Crippen MR) is 72.5 cm³/mol. The minimum atomic E-state index is 0.587. The molecule has 3 heteroatoms. The normalized spacial score (nSPS) is 10.1. The monoisotopic (exact) mass is 325 g/mol. The largest absolute Gasteiger partial charge is 0.487 e. The quantitative estimate of drug-likeness (QED) is 0.805. The van der Waals surface area contributed by atoms with Crippen LogP contribution < -0.4 is 4.74 Å². The van der Waals surface area contributed by atoms with Crippen molar-refractivity contribution in [1.29, 1.82) is 0 Å². The SMILES string of the molecule is Cc1ncc(I)cc1OCc1ccccc1. The highest BCUT2D eigenvalue weighted by atomic mass is 127. The molecule has 0 amide bonds. The Kier molecular flexibility index (Phi) is 3.77. The Morgan fingerprint density at radius 3 is 2.75 bits per heavy atom. The average Bonchev–Trinajstić information content (AvgIpc) is 2.32. The van der Waals surface area contributed by atoms with Gasteiger partial charge in [-0.15, -0.1) is 0 Å². The van der Waals surface area contributed by atoms with E-state index in [-0.39, 0.29) is 0 Å². The van der Waals surface area contributed by atoms with E-state index in [9.17, 15) is 0 Å². The van der Waals surface area contributed by atoms with Crippen molar-refractivity contribution in [3.8, 4) is 5.75 Å². The Balaban J connectivity index is 2.08. The molecule has 1 heterocycles. The number of hydrogen-bond donors (Lipinski definition) is 0. The van der Waals surface area contributed by atoms with Crippen molar-refractivity contribution in [2.45, 2.75) is 13.5 Å². The Labute approximate surface area is 109 Å². The maximum atomic E-state index is 5.74. The molecule has 0 aliphatic heterocycles. The van der Waals surface area contributed by atoms with Gasteiger partial charge in [0.15, 0.2) is 0 Å². The summed E-state index contributed by atoms with van der Waals surface area (Å²) in [5.74, 6) is 0.857. The van der Waals surface area contributed by atoms with Gasteiger partial charge in [-0.05, 0) is 41.1 Å². The zero-order valence-electron chi connectivity index (χ0n) is 8.98. The molecule has 0 fully saturated rings. The molecule has 2 aromatic rings. The summed E-state index contributed by atoms with van der Waals surface area (Å²) in [6.45, 7) is 2.54. The van der Waals surface area contributed by atoms with Crippen LogP contribution in [0.5, 0.6) is 5.75 Å². The third-order valence-corrected chi connectivity index (χ3v) is 2.83. The second-order valence-electron chi connectivity index (χ2n) is 3.51. The zero-order chi connectivity index (χ0) is 11.4. The topological polar surface area (TPSA) is 22.1 Å². The van der Waals surface area contributed by atoms with Crippen LogP contribution in [0.15, 0.2) is 42.6 Å². The molecule has 0 atom stereocenters. The number of aryl methyl sites for hydroxylation is 1. The van der Waals surface area contributed by atoms with Gasteiger partial charge in [-0.2, -0.15) is 0 Å². The van der Waals surface area contributed by atoms with E-state index in [1.807, 2.05) is 37.4 Å². The molecule has 0 unspecified atom stereocenters. The lowest BCUT2D eigenvalue weighted by Gasteiger charge is -2.08. The van der Waals surface area contributed by atoms with E-state index in [0.29, 0.717) is 6.61 Å². The fourth-order valence-electron chi connectivity index (χ4n) is 1.37. The zero-order valence-corrected chi connectivity index (χ0v) is 11.1. The summed E-state index contributed by atoms with van der Waals surface area (Å²) in [7, 11) is 0. The van der Waals surface area contributed by atoms with Crippen LogP contribution in [0, 0.1) is 10.5 Å². The van der Waals surface area contributed by atoms with Gasteiger partial charge >= 0.3 is 0 Å². The molecule has 0 saturated heterocycles. The van der Waals surface area contributed by atoms with Gasteiger partial charge in [0.1, 0.15) is 12.4 Å². The van der Waals surface area contributed by atoms with Crippen LogP contribution in [0.4, 0.5) is 0 Å². The fraction of sp³-hybridized carbons (Fsp3) is 0.154. The molecule has 0 bridgehead atoms. The number of rotatable bonds is 3. The lowest BCUT2D eigenvalue weighted by molar-refractivity contribution is 0.302. The smallest absolute Gasteiger partial charge is 0.142 e. The van der Waals surface area contributed by atoms with Gasteiger partial charge in [-0.1, -0.05) is 30.3 Å². The predicted octanol–water partition coefficient (Wildman–Crippen LogP) is 3.57. The Morgan fingerprint density at radius 2 is 2.00 bits per heavy atom. The summed E-state index contributed by atoms with van der Waals surface area (Å²) < 4.78 is 6.83. The Bertz CT molecular complexity index is 471. The molecule has 0 saturated carbocycles. The molecular weight excluding hydrogens is 313 g/mol. The van der Waals surface area contributed by atoms with E-state index < -0.39 is 0 Å². The molecule has 0 radical (unpaired) electrons. The maximum absolute atomic E-state index is 5.74. The van der Waals surface area contributed by atoms with Crippen LogP contribution in [0.2, 0.25) is 0 Å². The maximum Gasteiger partial charge on any atom is 0.142 e. The van der Waals surface area contributed by atoms with Gasteiger partial charge in [0, 0.05) is 9.77 Å². The van der Waals surface area contributed by atoms with E-state index >= 15 is 0 Å². The summed E-state index contributed by atoms with van der Waals surface area (Å²) >= 11 is 2.23. The molecule has 0 spiro atoms. The number of halogens is 1. The summed E-state index contributed by atoms with van der Waals surface area (Å²) in [5, 5.41) is 0. The van der Waals surface area contributed by atoms with Crippen LogP contribution in [-0.4, -0.2) is 4.98 Å². The van der Waals surface area contributed by atoms with E-state index in [1.54, 1.807) is 0 Å². The highest BCUT2D eigenvalue weighted by Crippen LogP contribution is 2.19. The van der Waals surface area contributed by atoms with Crippen LogP contribution in [0.25, 0.3) is 0 Å². The van der Waals surface area contributed by atoms with Crippen LogP contribution in [0.1, 0.15) is 11.3 Å². The van der Waals surface area contributed by atoms with Crippen molar-refractivity contribution >= 4 is 22.6 Å². The minimum Gasteiger partial charge on any atom is -0.487 e. The summed E-state index contributed by atoms with van der Waals surface area (Å²) in [6, 6.07) is 12.1. The second-order valence-corrected chi connectivity index (χ2v) is 4.76. The van der Waals surface area contributed by atoms with E-state index in [0.717, 1.165) is 15.0 Å². The van der Waals surface area contributed by atoms with Crippen molar-refractivity contribution in [2.24, 2.45) is 0 Å². The van der Waals surface area contributed by atoms with Gasteiger partial charge in [-0.25, -0.2) is 0 Å². The van der Waals surface area contributed by atoms with Gasteiger partial charge in [0.05, 0.1) is 5.69 Å². The van der Waals surface area contributed by atoms with E-state index in [1.165, 1.54) is 5.56 Å². The third-order valence-electron chi connectivity index (χ3n) is 2.24. The minimum absolute atomic E-state index is 0.587. The number of benzene rings is 1. The molecule has 1 aromatic carbocycles. The lowest BCUT2D eigenvalue weighted by atomic mass is 10.2. The Hall–Kier alpha value is -1.10. The number of pyridine rings is 1. The highest BCUT2D eigenvalue weighted by molar-refractivity contribution is 14.1. The molecule has 0 aliphatic rings. The van der Waals surface area contributed by atoms with Gasteiger partial charge in [-0.3, -0.25) is 4.98 Å². The Morgan fingerprint density at radius 1 is 1.25 bits per heavy atom. The second kappa shape index (κ2) is 5.30. The van der Waals surface area contributed by atoms with Gasteiger partial charge < -0.3 is 4.74 Å². The fourth-order valence-corrected chi connectivity index (χ4v) is 1.79. The summed E-state index contributed by atoms with van der Waals surface area (Å²) in [6.07, 6.45) is 1.84. The van der Waals surface area contributed by atoms with Crippen LogP contribution in [-0.2, 0) is 6.61 Å².